The van der Waals surface area contributed by atoms with Crippen LogP contribution in [0, 0.1) is 5.21 Å². The van der Waals surface area contributed by atoms with Gasteiger partial charge in [0.25, 0.3) is 0 Å². The normalized spacial score (nSPS) is 9.83. The zero-order valence-corrected chi connectivity index (χ0v) is 8.88. The summed E-state index contributed by atoms with van der Waals surface area (Å²) in [4.78, 5) is 0. The SMILES string of the molecule is C[N+](C)(C)[O-].N.O=S(=O)([O-])[O-].[Fe+2]. The minimum atomic E-state index is -5.17. The molecule has 0 heterocycles. The van der Waals surface area contributed by atoms with Crippen molar-refractivity contribution in [1.29, 1.82) is 0 Å². The Morgan fingerprint density at radius 3 is 1.08 bits per heavy atom. The summed E-state index contributed by atoms with van der Waals surface area (Å²) in [6.45, 7) is 0. The van der Waals surface area contributed by atoms with Crippen molar-refractivity contribution in [3.8, 4) is 0 Å². The molecule has 0 saturated heterocycles. The number of quaternary nitrogens is 1. The smallest absolute Gasteiger partial charge is 0.759 e. The van der Waals surface area contributed by atoms with Crippen molar-refractivity contribution in [3.63, 3.8) is 0 Å². The predicted molar refractivity (Wildman–Crippen MR) is 36.9 cm³/mol. The molecule has 0 radical (unpaired) electrons. The topological polar surface area (TPSA) is 138 Å². The van der Waals surface area contributed by atoms with E-state index in [0.717, 1.165) is 0 Å². The first-order chi connectivity index (χ1) is 4.00. The van der Waals surface area contributed by atoms with Gasteiger partial charge in [-0.3, -0.25) is 8.42 Å². The molecule has 0 aromatic heterocycles. The fourth-order valence-electron chi connectivity index (χ4n) is 0. The monoisotopic (exact) mass is 244 g/mol. The molecule has 0 bridgehead atoms. The second-order valence-corrected chi connectivity index (χ2v) is 3.11. The van der Waals surface area contributed by atoms with Crippen molar-refractivity contribution in [3.05, 3.63) is 5.21 Å². The van der Waals surface area contributed by atoms with Gasteiger partial charge in [0, 0.05) is 10.4 Å². The van der Waals surface area contributed by atoms with Gasteiger partial charge in [-0.25, -0.2) is 0 Å². The van der Waals surface area contributed by atoms with E-state index >= 15 is 0 Å². The van der Waals surface area contributed by atoms with Gasteiger partial charge in [-0.2, -0.15) is 0 Å². The summed E-state index contributed by atoms with van der Waals surface area (Å²) in [5.41, 5.74) is 0. The van der Waals surface area contributed by atoms with Crippen LogP contribution < -0.4 is 6.15 Å². The largest absolute Gasteiger partial charge is 2.00 e. The van der Waals surface area contributed by atoms with Gasteiger partial charge in [-0.15, -0.1) is 0 Å². The van der Waals surface area contributed by atoms with E-state index in [1.807, 2.05) is 0 Å². The fourth-order valence-corrected chi connectivity index (χ4v) is 0. The maximum absolute atomic E-state index is 10.0. The van der Waals surface area contributed by atoms with Crippen molar-refractivity contribution in [2.75, 3.05) is 21.1 Å². The Morgan fingerprint density at radius 1 is 1.08 bits per heavy atom. The molecule has 0 fully saturated rings. The molecule has 3 N–H and O–H groups in total. The molecule has 12 heavy (non-hydrogen) atoms. The van der Waals surface area contributed by atoms with Crippen LogP contribution in [0.5, 0.6) is 0 Å². The molecular formula is C3H12FeN2O5S. The van der Waals surface area contributed by atoms with Crippen LogP contribution in [-0.4, -0.2) is 43.3 Å². The van der Waals surface area contributed by atoms with E-state index in [4.69, 9.17) is 17.5 Å². The molecule has 0 aliphatic carbocycles. The number of hydrogen-bond donors (Lipinski definition) is 1. The van der Waals surface area contributed by atoms with E-state index in [-0.39, 0.29) is 27.9 Å². The molecule has 0 atom stereocenters. The maximum atomic E-state index is 10.0. The van der Waals surface area contributed by atoms with E-state index in [2.05, 4.69) is 0 Å². The van der Waals surface area contributed by atoms with Crippen LogP contribution in [0.1, 0.15) is 0 Å². The van der Waals surface area contributed by atoms with E-state index < -0.39 is 10.4 Å². The molecular weight excluding hydrogens is 232 g/mol. The van der Waals surface area contributed by atoms with Crippen LogP contribution in [0.15, 0.2) is 0 Å². The summed E-state index contributed by atoms with van der Waals surface area (Å²) < 4.78 is 33.8. The Morgan fingerprint density at radius 2 is 1.08 bits per heavy atom. The Labute approximate surface area is 82.6 Å². The first-order valence-corrected chi connectivity index (χ1v) is 3.52. The summed E-state index contributed by atoms with van der Waals surface area (Å²) >= 11 is 0. The van der Waals surface area contributed by atoms with Crippen molar-refractivity contribution in [1.82, 2.24) is 6.15 Å². The molecule has 0 aromatic carbocycles. The van der Waals surface area contributed by atoms with Crippen LogP contribution in [0.4, 0.5) is 0 Å². The summed E-state index contributed by atoms with van der Waals surface area (Å²) in [5.74, 6) is 0. The summed E-state index contributed by atoms with van der Waals surface area (Å²) in [5, 5.41) is 10.0. The number of rotatable bonds is 0. The van der Waals surface area contributed by atoms with Crippen LogP contribution in [-0.2, 0) is 27.5 Å². The van der Waals surface area contributed by atoms with Gasteiger partial charge >= 0.3 is 17.1 Å². The predicted octanol–water partition coefficient (Wildman–Crippen LogP) is -0.988. The molecule has 0 unspecified atom stereocenters. The van der Waals surface area contributed by atoms with Crippen LogP contribution in [0.2, 0.25) is 0 Å². The maximum Gasteiger partial charge on any atom is 2.00 e. The molecule has 0 rings (SSSR count). The number of hydroxylamine groups is 3. The van der Waals surface area contributed by atoms with Crippen molar-refractivity contribution in [2.45, 2.75) is 0 Å². The minimum absolute atomic E-state index is 0. The van der Waals surface area contributed by atoms with Gasteiger partial charge in [-0.1, -0.05) is 0 Å². The average molecular weight is 244 g/mol. The van der Waals surface area contributed by atoms with Gasteiger partial charge in [0.2, 0.25) is 0 Å². The molecule has 7 nitrogen and oxygen atoms in total. The van der Waals surface area contributed by atoms with E-state index in [0.29, 0.717) is 0 Å². The van der Waals surface area contributed by atoms with E-state index in [1.54, 1.807) is 21.1 Å². The number of nitrogens with zero attached hydrogens (tertiary/aromatic N) is 1. The second-order valence-electron chi connectivity index (χ2n) is 2.30. The molecule has 0 saturated carbocycles. The van der Waals surface area contributed by atoms with Crippen LogP contribution >= 0.6 is 0 Å². The van der Waals surface area contributed by atoms with Gasteiger partial charge in [0.15, 0.2) is 0 Å². The van der Waals surface area contributed by atoms with E-state index in [1.165, 1.54) is 0 Å². The average Bonchev–Trinajstić information content (AvgIpc) is 1.12. The zero-order valence-electron chi connectivity index (χ0n) is 6.96. The van der Waals surface area contributed by atoms with Crippen LogP contribution in [0.3, 0.4) is 0 Å². The molecule has 0 amide bonds. The van der Waals surface area contributed by atoms with E-state index in [9.17, 15) is 5.21 Å². The van der Waals surface area contributed by atoms with Crippen molar-refractivity contribution in [2.24, 2.45) is 0 Å². The minimum Gasteiger partial charge on any atom is -0.759 e. The second kappa shape index (κ2) is 7.89. The molecule has 0 aromatic rings. The molecule has 78 valence electrons. The Bertz CT molecular complexity index is 160. The Balaban J connectivity index is -0.0000000457. The Hall–Kier alpha value is 0.269. The quantitative estimate of drug-likeness (QED) is 0.191. The van der Waals surface area contributed by atoms with Gasteiger partial charge in [0.05, 0.1) is 21.1 Å². The first-order valence-electron chi connectivity index (χ1n) is 2.19. The molecule has 0 spiro atoms. The summed E-state index contributed by atoms with van der Waals surface area (Å²) in [6, 6.07) is 0. The summed E-state index contributed by atoms with van der Waals surface area (Å²) in [7, 11) is -0.458. The van der Waals surface area contributed by atoms with Crippen LogP contribution in [0.25, 0.3) is 0 Å². The summed E-state index contributed by atoms with van der Waals surface area (Å²) in [6.07, 6.45) is 0. The first kappa shape index (κ1) is 22.8. The van der Waals surface area contributed by atoms with Gasteiger partial charge in [0.1, 0.15) is 0 Å². The Kier molecular flexibility index (Phi) is 15.0. The third-order valence-electron chi connectivity index (χ3n) is 0. The van der Waals surface area contributed by atoms with Gasteiger partial charge in [-0.05, 0) is 0 Å². The fraction of sp³-hybridized carbons (Fsp3) is 1.00. The molecule has 0 aliphatic heterocycles. The van der Waals surface area contributed by atoms with Crippen molar-refractivity contribution >= 4 is 10.4 Å². The van der Waals surface area contributed by atoms with Crippen molar-refractivity contribution < 1.29 is 39.2 Å². The standard InChI is InChI=1S/C3H9NO.Fe.H3N.H2O4S/c1-4(2,3)5;;;1-5(2,3)4/h1-3H3;;1H3;(H2,1,2,3,4)/q;+2;;/p-2. The number of hydrogen-bond acceptors (Lipinski definition) is 6. The molecule has 0 aliphatic rings. The molecule has 9 heteroatoms. The van der Waals surface area contributed by atoms with Gasteiger partial charge < -0.3 is 25.1 Å². The third kappa shape index (κ3) is 12200. The zero-order chi connectivity index (χ0) is 9.00. The third-order valence-corrected chi connectivity index (χ3v) is 0.